The Hall–Kier alpha value is -1.75. The summed E-state index contributed by atoms with van der Waals surface area (Å²) in [6, 6.07) is 4.32. The van der Waals surface area contributed by atoms with Crippen molar-refractivity contribution in [2.45, 2.75) is 32.9 Å². The fourth-order valence-corrected chi connectivity index (χ4v) is 2.48. The highest BCUT2D eigenvalue weighted by molar-refractivity contribution is 5.58. The molecule has 2 aromatic heterocycles. The maximum absolute atomic E-state index is 4.36. The van der Waals surface area contributed by atoms with E-state index in [0.717, 1.165) is 42.4 Å². The molecule has 0 radical (unpaired) electrons. The van der Waals surface area contributed by atoms with Crippen molar-refractivity contribution in [1.29, 1.82) is 0 Å². The van der Waals surface area contributed by atoms with Crippen LogP contribution >= 0.6 is 0 Å². The van der Waals surface area contributed by atoms with Gasteiger partial charge in [-0.2, -0.15) is 0 Å². The number of hydrogen-bond acceptors (Lipinski definition) is 4. The first-order chi connectivity index (χ1) is 8.81. The maximum atomic E-state index is 4.36. The molecule has 5 nitrogen and oxygen atoms in total. The normalized spacial score (nSPS) is 18.7. The molecule has 0 saturated heterocycles. The van der Waals surface area contributed by atoms with E-state index in [2.05, 4.69) is 38.1 Å². The van der Waals surface area contributed by atoms with Crippen molar-refractivity contribution >= 4 is 0 Å². The molecule has 0 aromatic carbocycles. The van der Waals surface area contributed by atoms with Gasteiger partial charge in [-0.15, -0.1) is 10.2 Å². The van der Waals surface area contributed by atoms with Gasteiger partial charge in [0.25, 0.3) is 0 Å². The van der Waals surface area contributed by atoms with Gasteiger partial charge < -0.3 is 9.88 Å². The number of nitrogens with zero attached hydrogens (tertiary/aromatic N) is 4. The summed E-state index contributed by atoms with van der Waals surface area (Å²) in [5.41, 5.74) is 2.08. The van der Waals surface area contributed by atoms with Gasteiger partial charge in [-0.3, -0.25) is 4.98 Å². The van der Waals surface area contributed by atoms with E-state index in [9.17, 15) is 0 Å². The van der Waals surface area contributed by atoms with E-state index < -0.39 is 0 Å². The third-order valence-corrected chi connectivity index (χ3v) is 3.47. The predicted octanol–water partition coefficient (Wildman–Crippen LogP) is 1.70. The molecule has 1 unspecified atom stereocenters. The van der Waals surface area contributed by atoms with Gasteiger partial charge >= 0.3 is 0 Å². The average molecular weight is 243 g/mol. The van der Waals surface area contributed by atoms with Crippen LogP contribution in [-0.4, -0.2) is 26.3 Å². The Morgan fingerprint density at radius 3 is 3.11 bits per heavy atom. The number of rotatable bonds is 2. The lowest BCUT2D eigenvalue weighted by atomic mass is 10.1. The molecule has 0 amide bonds. The highest BCUT2D eigenvalue weighted by Crippen LogP contribution is 2.26. The lowest BCUT2D eigenvalue weighted by Crippen LogP contribution is -2.33. The summed E-state index contributed by atoms with van der Waals surface area (Å²) in [4.78, 5) is 4.33. The molecule has 94 valence electrons. The van der Waals surface area contributed by atoms with E-state index >= 15 is 0 Å². The quantitative estimate of drug-likeness (QED) is 0.872. The highest BCUT2D eigenvalue weighted by atomic mass is 15.3. The number of nitrogens with one attached hydrogen (secondary N) is 1. The summed E-state index contributed by atoms with van der Waals surface area (Å²) in [7, 11) is 0. The standard InChI is InChI=1S/C13H17N5/c1-3-11-13-17-16-12(18(13)8-7-15-11)10-5-4-6-14-9(10)2/h4-6,11,15H,3,7-8H2,1-2H3. The van der Waals surface area contributed by atoms with Crippen LogP contribution in [0.3, 0.4) is 0 Å². The number of aryl methyl sites for hydroxylation is 1. The summed E-state index contributed by atoms with van der Waals surface area (Å²) in [5.74, 6) is 1.98. The monoisotopic (exact) mass is 243 g/mol. The van der Waals surface area contributed by atoms with Crippen LogP contribution in [0.4, 0.5) is 0 Å². The molecule has 0 bridgehead atoms. The minimum atomic E-state index is 0.317. The Balaban J connectivity index is 2.10. The summed E-state index contributed by atoms with van der Waals surface area (Å²) >= 11 is 0. The highest BCUT2D eigenvalue weighted by Gasteiger charge is 2.24. The van der Waals surface area contributed by atoms with Gasteiger partial charge in [0.15, 0.2) is 11.6 Å². The fraction of sp³-hybridized carbons (Fsp3) is 0.462. The summed E-state index contributed by atoms with van der Waals surface area (Å²) in [5, 5.41) is 12.2. The van der Waals surface area contributed by atoms with Crippen LogP contribution in [-0.2, 0) is 6.54 Å². The zero-order chi connectivity index (χ0) is 12.5. The second kappa shape index (κ2) is 4.49. The smallest absolute Gasteiger partial charge is 0.165 e. The van der Waals surface area contributed by atoms with Crippen molar-refractivity contribution in [3.63, 3.8) is 0 Å². The van der Waals surface area contributed by atoms with Crippen molar-refractivity contribution < 1.29 is 0 Å². The van der Waals surface area contributed by atoms with Gasteiger partial charge in [0, 0.05) is 30.5 Å². The fourth-order valence-electron chi connectivity index (χ4n) is 2.48. The maximum Gasteiger partial charge on any atom is 0.165 e. The average Bonchev–Trinajstić information content (AvgIpc) is 2.83. The van der Waals surface area contributed by atoms with Gasteiger partial charge in [-0.25, -0.2) is 0 Å². The lowest BCUT2D eigenvalue weighted by molar-refractivity contribution is 0.407. The second-order valence-corrected chi connectivity index (χ2v) is 4.58. The lowest BCUT2D eigenvalue weighted by Gasteiger charge is -2.24. The Labute approximate surface area is 106 Å². The first-order valence-corrected chi connectivity index (χ1v) is 6.39. The second-order valence-electron chi connectivity index (χ2n) is 4.58. The molecular weight excluding hydrogens is 226 g/mol. The van der Waals surface area contributed by atoms with Crippen molar-refractivity contribution in [2.24, 2.45) is 0 Å². The predicted molar refractivity (Wildman–Crippen MR) is 69.0 cm³/mol. The molecule has 3 rings (SSSR count). The SMILES string of the molecule is CCC1NCCn2c(-c3cccnc3C)nnc21. The molecule has 1 aliphatic rings. The molecule has 3 heterocycles. The third kappa shape index (κ3) is 1.71. The minimum Gasteiger partial charge on any atom is -0.308 e. The van der Waals surface area contributed by atoms with E-state index in [1.165, 1.54) is 0 Å². The Morgan fingerprint density at radius 1 is 1.44 bits per heavy atom. The first kappa shape index (κ1) is 11.3. The largest absolute Gasteiger partial charge is 0.308 e. The van der Waals surface area contributed by atoms with E-state index in [4.69, 9.17) is 0 Å². The summed E-state index contributed by atoms with van der Waals surface area (Å²) in [6.45, 7) is 6.06. The van der Waals surface area contributed by atoms with Crippen LogP contribution in [0, 0.1) is 6.92 Å². The Kier molecular flexibility index (Phi) is 2.83. The van der Waals surface area contributed by atoms with Crippen LogP contribution in [0.15, 0.2) is 18.3 Å². The van der Waals surface area contributed by atoms with E-state index in [1.807, 2.05) is 19.2 Å². The number of hydrogen-bond donors (Lipinski definition) is 1. The van der Waals surface area contributed by atoms with Gasteiger partial charge in [0.2, 0.25) is 0 Å². The summed E-state index contributed by atoms with van der Waals surface area (Å²) < 4.78 is 2.22. The third-order valence-electron chi connectivity index (χ3n) is 3.47. The molecule has 0 fully saturated rings. The van der Waals surface area contributed by atoms with Crippen LogP contribution in [0.1, 0.15) is 30.9 Å². The van der Waals surface area contributed by atoms with E-state index in [1.54, 1.807) is 0 Å². The van der Waals surface area contributed by atoms with Crippen LogP contribution in [0.5, 0.6) is 0 Å². The molecule has 5 heteroatoms. The van der Waals surface area contributed by atoms with Crippen LogP contribution < -0.4 is 5.32 Å². The van der Waals surface area contributed by atoms with Gasteiger partial charge in [0.1, 0.15) is 0 Å². The molecule has 1 N–H and O–H groups in total. The van der Waals surface area contributed by atoms with Gasteiger partial charge in [-0.05, 0) is 25.5 Å². The minimum absolute atomic E-state index is 0.317. The number of pyridine rings is 1. The van der Waals surface area contributed by atoms with Crippen LogP contribution in [0.25, 0.3) is 11.4 Å². The van der Waals surface area contributed by atoms with Crippen molar-refractivity contribution in [2.75, 3.05) is 6.54 Å². The topological polar surface area (TPSA) is 55.6 Å². The molecule has 1 aliphatic heterocycles. The van der Waals surface area contributed by atoms with Gasteiger partial charge in [-0.1, -0.05) is 6.92 Å². The number of fused-ring (bicyclic) bond motifs is 1. The molecule has 2 aromatic rings. The zero-order valence-corrected chi connectivity index (χ0v) is 10.7. The molecular formula is C13H17N5. The van der Waals surface area contributed by atoms with E-state index in [0.29, 0.717) is 6.04 Å². The summed E-state index contributed by atoms with van der Waals surface area (Å²) in [6.07, 6.45) is 2.84. The Bertz CT molecular complexity index is 560. The van der Waals surface area contributed by atoms with Crippen LogP contribution in [0.2, 0.25) is 0 Å². The molecule has 0 saturated carbocycles. The number of aromatic nitrogens is 4. The molecule has 18 heavy (non-hydrogen) atoms. The van der Waals surface area contributed by atoms with E-state index in [-0.39, 0.29) is 0 Å². The molecule has 0 spiro atoms. The first-order valence-electron chi connectivity index (χ1n) is 6.39. The van der Waals surface area contributed by atoms with Crippen molar-refractivity contribution in [3.05, 3.63) is 29.8 Å². The molecule has 0 aliphatic carbocycles. The van der Waals surface area contributed by atoms with Gasteiger partial charge in [0.05, 0.1) is 6.04 Å². The molecule has 1 atom stereocenters. The van der Waals surface area contributed by atoms with Crippen molar-refractivity contribution in [3.8, 4) is 11.4 Å². The van der Waals surface area contributed by atoms with Crippen molar-refractivity contribution in [1.82, 2.24) is 25.1 Å². The Morgan fingerprint density at radius 2 is 2.33 bits per heavy atom. The zero-order valence-electron chi connectivity index (χ0n) is 10.7.